The second-order valence-corrected chi connectivity index (χ2v) is 7.25. The second kappa shape index (κ2) is 8.31. The van der Waals surface area contributed by atoms with Crippen LogP contribution in [0.25, 0.3) is 21.3 Å². The van der Waals surface area contributed by atoms with Crippen molar-refractivity contribution in [3.8, 4) is 16.9 Å². The van der Waals surface area contributed by atoms with Gasteiger partial charge in [0.15, 0.2) is 0 Å². The van der Waals surface area contributed by atoms with Gasteiger partial charge in [0.1, 0.15) is 21.9 Å². The summed E-state index contributed by atoms with van der Waals surface area (Å²) in [6, 6.07) is 8.01. The lowest BCUT2D eigenvalue weighted by Gasteiger charge is -2.06. The van der Waals surface area contributed by atoms with Gasteiger partial charge in [-0.05, 0) is 31.0 Å². The molecule has 0 unspecified atom stereocenters. The summed E-state index contributed by atoms with van der Waals surface area (Å²) in [5.74, 6) is 0.807. The van der Waals surface area contributed by atoms with Crippen LogP contribution in [-0.2, 0) is 4.79 Å². The van der Waals surface area contributed by atoms with Gasteiger partial charge in [0.25, 0.3) is 0 Å². The molecule has 1 aromatic carbocycles. The molecule has 7 heteroatoms. The summed E-state index contributed by atoms with van der Waals surface area (Å²) in [6.07, 6.45) is 2.37. The van der Waals surface area contributed by atoms with Crippen LogP contribution >= 0.6 is 23.1 Å². The van der Waals surface area contributed by atoms with E-state index in [0.29, 0.717) is 13.0 Å². The highest BCUT2D eigenvalue weighted by molar-refractivity contribution is 7.99. The van der Waals surface area contributed by atoms with Crippen molar-refractivity contribution in [2.24, 2.45) is 0 Å². The molecule has 0 spiro atoms. The molecule has 0 saturated carbocycles. The number of hydrogen-bond acceptors (Lipinski definition) is 6. The first kappa shape index (κ1) is 17.7. The van der Waals surface area contributed by atoms with Crippen LogP contribution < -0.4 is 4.74 Å². The lowest BCUT2D eigenvalue weighted by molar-refractivity contribution is -0.137. The van der Waals surface area contributed by atoms with Crippen LogP contribution in [0.5, 0.6) is 5.75 Å². The quantitative estimate of drug-likeness (QED) is 0.350. The molecule has 0 aliphatic carbocycles. The van der Waals surface area contributed by atoms with Crippen molar-refractivity contribution in [3.63, 3.8) is 0 Å². The SMILES string of the molecule is CCOc1ccc(-c2csc3ncnc(SCCCC(=O)O)c23)cc1. The molecule has 130 valence electrons. The summed E-state index contributed by atoms with van der Waals surface area (Å²) in [4.78, 5) is 20.4. The fourth-order valence-electron chi connectivity index (χ4n) is 2.46. The molecule has 0 aliphatic rings. The number of aromatic nitrogens is 2. The first-order valence-corrected chi connectivity index (χ1v) is 9.85. The number of aliphatic carboxylic acids is 1. The van der Waals surface area contributed by atoms with Gasteiger partial charge in [-0.25, -0.2) is 9.97 Å². The third kappa shape index (κ3) is 4.29. The molecular weight excluding hydrogens is 356 g/mol. The molecule has 0 radical (unpaired) electrons. The topological polar surface area (TPSA) is 72.3 Å². The van der Waals surface area contributed by atoms with Crippen molar-refractivity contribution in [1.82, 2.24) is 9.97 Å². The van der Waals surface area contributed by atoms with Gasteiger partial charge in [0.05, 0.1) is 12.0 Å². The Morgan fingerprint density at radius 2 is 2.08 bits per heavy atom. The molecule has 0 saturated heterocycles. The third-order valence-electron chi connectivity index (χ3n) is 3.59. The van der Waals surface area contributed by atoms with Crippen molar-refractivity contribution in [2.45, 2.75) is 24.8 Å². The number of carbonyl (C=O) groups is 1. The average molecular weight is 374 g/mol. The first-order valence-electron chi connectivity index (χ1n) is 7.99. The lowest BCUT2D eigenvalue weighted by Crippen LogP contribution is -1.95. The highest BCUT2D eigenvalue weighted by Crippen LogP contribution is 2.38. The van der Waals surface area contributed by atoms with Crippen molar-refractivity contribution in [3.05, 3.63) is 36.0 Å². The molecule has 0 atom stereocenters. The molecular formula is C18H18N2O3S2. The van der Waals surface area contributed by atoms with E-state index in [1.54, 1.807) is 29.4 Å². The molecule has 0 aliphatic heterocycles. The summed E-state index contributed by atoms with van der Waals surface area (Å²) >= 11 is 3.18. The van der Waals surface area contributed by atoms with Crippen LogP contribution in [0.1, 0.15) is 19.8 Å². The molecule has 3 aromatic rings. The van der Waals surface area contributed by atoms with Gasteiger partial charge in [0.2, 0.25) is 0 Å². The molecule has 0 amide bonds. The van der Waals surface area contributed by atoms with Gasteiger partial charge in [-0.15, -0.1) is 23.1 Å². The fourth-order valence-corrected chi connectivity index (χ4v) is 4.39. The molecule has 5 nitrogen and oxygen atoms in total. The Labute approximate surface area is 154 Å². The van der Waals surface area contributed by atoms with Crippen LogP contribution in [-0.4, -0.2) is 33.4 Å². The highest BCUT2D eigenvalue weighted by atomic mass is 32.2. The molecule has 3 rings (SSSR count). The Kier molecular flexibility index (Phi) is 5.88. The molecule has 25 heavy (non-hydrogen) atoms. The van der Waals surface area contributed by atoms with Crippen LogP contribution in [0.2, 0.25) is 0 Å². The third-order valence-corrected chi connectivity index (χ3v) is 5.55. The number of thioether (sulfide) groups is 1. The standard InChI is InChI=1S/C18H18N2O3S2/c1-2-23-13-7-5-12(6-8-13)14-10-25-18-16(14)17(19-11-20-18)24-9-3-4-15(21)22/h5-8,10-11H,2-4,9H2,1H3,(H,21,22). The number of nitrogens with zero attached hydrogens (tertiary/aromatic N) is 2. The van der Waals surface area contributed by atoms with Gasteiger partial charge >= 0.3 is 5.97 Å². The van der Waals surface area contributed by atoms with E-state index >= 15 is 0 Å². The molecule has 0 fully saturated rings. The number of carboxylic acids is 1. The van der Waals surface area contributed by atoms with E-state index in [2.05, 4.69) is 15.3 Å². The zero-order valence-electron chi connectivity index (χ0n) is 13.8. The predicted molar refractivity (Wildman–Crippen MR) is 102 cm³/mol. The van der Waals surface area contributed by atoms with E-state index in [9.17, 15) is 4.79 Å². The van der Waals surface area contributed by atoms with E-state index < -0.39 is 5.97 Å². The molecule has 2 heterocycles. The molecule has 0 bridgehead atoms. The Morgan fingerprint density at radius 3 is 2.80 bits per heavy atom. The number of ether oxygens (including phenoxy) is 1. The Morgan fingerprint density at radius 1 is 1.28 bits per heavy atom. The first-order chi connectivity index (χ1) is 12.2. The van der Waals surface area contributed by atoms with E-state index in [1.165, 1.54) is 0 Å². The number of carboxylic acid groups (broad SMARTS) is 1. The van der Waals surface area contributed by atoms with Crippen molar-refractivity contribution in [2.75, 3.05) is 12.4 Å². The van der Waals surface area contributed by atoms with E-state index in [-0.39, 0.29) is 6.42 Å². The lowest BCUT2D eigenvalue weighted by atomic mass is 10.1. The number of hydrogen-bond donors (Lipinski definition) is 1. The second-order valence-electron chi connectivity index (χ2n) is 5.31. The number of thiophene rings is 1. The van der Waals surface area contributed by atoms with Gasteiger partial charge in [-0.2, -0.15) is 0 Å². The average Bonchev–Trinajstić information content (AvgIpc) is 3.04. The zero-order chi connectivity index (χ0) is 17.6. The predicted octanol–water partition coefficient (Wildman–Crippen LogP) is 4.71. The summed E-state index contributed by atoms with van der Waals surface area (Å²) in [5, 5.41) is 12.8. The largest absolute Gasteiger partial charge is 0.494 e. The van der Waals surface area contributed by atoms with E-state index in [4.69, 9.17) is 9.84 Å². The summed E-state index contributed by atoms with van der Waals surface area (Å²) in [5.41, 5.74) is 2.20. The minimum atomic E-state index is -0.765. The Hall–Kier alpha value is -2.12. The van der Waals surface area contributed by atoms with Crippen LogP contribution in [0.15, 0.2) is 41.0 Å². The van der Waals surface area contributed by atoms with Crippen LogP contribution in [0.3, 0.4) is 0 Å². The van der Waals surface area contributed by atoms with Gasteiger partial charge in [0, 0.05) is 23.1 Å². The van der Waals surface area contributed by atoms with Crippen molar-refractivity contribution < 1.29 is 14.6 Å². The minimum Gasteiger partial charge on any atom is -0.494 e. The monoisotopic (exact) mass is 374 g/mol. The highest BCUT2D eigenvalue weighted by Gasteiger charge is 2.13. The van der Waals surface area contributed by atoms with E-state index in [0.717, 1.165) is 37.9 Å². The smallest absolute Gasteiger partial charge is 0.303 e. The van der Waals surface area contributed by atoms with Crippen LogP contribution in [0.4, 0.5) is 0 Å². The number of benzene rings is 1. The normalized spacial score (nSPS) is 10.9. The fraction of sp³-hybridized carbons (Fsp3) is 0.278. The Bertz CT molecular complexity index is 862. The maximum atomic E-state index is 10.7. The zero-order valence-corrected chi connectivity index (χ0v) is 15.4. The molecule has 1 N–H and O–H groups in total. The summed E-state index contributed by atoms with van der Waals surface area (Å²) in [6.45, 7) is 2.61. The number of fused-ring (bicyclic) bond motifs is 1. The summed E-state index contributed by atoms with van der Waals surface area (Å²) in [7, 11) is 0. The van der Waals surface area contributed by atoms with Gasteiger partial charge < -0.3 is 9.84 Å². The van der Waals surface area contributed by atoms with E-state index in [1.807, 2.05) is 31.2 Å². The van der Waals surface area contributed by atoms with Crippen LogP contribution in [0, 0.1) is 0 Å². The Balaban J connectivity index is 1.87. The maximum absolute atomic E-state index is 10.7. The van der Waals surface area contributed by atoms with Crippen molar-refractivity contribution >= 4 is 39.3 Å². The van der Waals surface area contributed by atoms with Gasteiger partial charge in [-0.1, -0.05) is 12.1 Å². The van der Waals surface area contributed by atoms with Gasteiger partial charge in [-0.3, -0.25) is 4.79 Å². The minimum absolute atomic E-state index is 0.177. The maximum Gasteiger partial charge on any atom is 0.303 e. The number of rotatable bonds is 8. The van der Waals surface area contributed by atoms with Crippen molar-refractivity contribution in [1.29, 1.82) is 0 Å². The summed E-state index contributed by atoms with van der Waals surface area (Å²) < 4.78 is 5.50. The molecule has 2 aromatic heterocycles.